The van der Waals surface area contributed by atoms with Crippen molar-refractivity contribution < 1.29 is 9.53 Å². The molecule has 2 atom stereocenters. The highest BCUT2D eigenvalue weighted by atomic mass is 16.5. The van der Waals surface area contributed by atoms with Crippen molar-refractivity contribution in [2.45, 2.75) is 52.5 Å². The average molecular weight is 320 g/mol. The van der Waals surface area contributed by atoms with E-state index in [4.69, 9.17) is 10.5 Å². The fourth-order valence-corrected chi connectivity index (χ4v) is 3.11. The van der Waals surface area contributed by atoms with Gasteiger partial charge in [0.1, 0.15) is 5.75 Å². The lowest BCUT2D eigenvalue weighted by Crippen LogP contribution is -2.52. The summed E-state index contributed by atoms with van der Waals surface area (Å²) in [6.45, 7) is 8.86. The first-order valence-electron chi connectivity index (χ1n) is 8.42. The lowest BCUT2D eigenvalue weighted by atomic mass is 9.90. The van der Waals surface area contributed by atoms with E-state index in [0.717, 1.165) is 24.2 Å². The number of ether oxygens (including phenoxy) is 1. The minimum absolute atomic E-state index is 0.0704. The second-order valence-corrected chi connectivity index (χ2v) is 7.24. The van der Waals surface area contributed by atoms with Crippen LogP contribution in [0.4, 0.5) is 0 Å². The summed E-state index contributed by atoms with van der Waals surface area (Å²) in [4.78, 5) is 12.4. The molecule has 0 heterocycles. The maximum Gasteiger partial charge on any atom is 0.220 e. The van der Waals surface area contributed by atoms with E-state index in [1.54, 1.807) is 7.11 Å². The maximum absolute atomic E-state index is 12.4. The number of nitrogens with one attached hydrogen (secondary N) is 1. The molecule has 0 saturated carbocycles. The van der Waals surface area contributed by atoms with Gasteiger partial charge in [-0.05, 0) is 43.2 Å². The third-order valence-corrected chi connectivity index (χ3v) is 4.05. The summed E-state index contributed by atoms with van der Waals surface area (Å²) in [5, 5.41) is 3.12. The number of methoxy groups -OCH3 is 1. The van der Waals surface area contributed by atoms with Crippen LogP contribution in [0.1, 0.15) is 46.1 Å². The Morgan fingerprint density at radius 1 is 1.30 bits per heavy atom. The van der Waals surface area contributed by atoms with Crippen LogP contribution in [0.3, 0.4) is 0 Å². The standard InChI is InChI=1S/C19H32N2O2/c1-14(2)12-19(4,13-20)21-18(22)11-15(3)10-16-8-6-7-9-17(16)23-5/h6-9,14-15H,10-13,20H2,1-5H3,(H,21,22). The average Bonchev–Trinajstić information content (AvgIpc) is 2.46. The molecule has 1 rings (SSSR count). The number of rotatable bonds is 9. The Balaban J connectivity index is 2.59. The fourth-order valence-electron chi connectivity index (χ4n) is 3.11. The van der Waals surface area contributed by atoms with E-state index < -0.39 is 0 Å². The number of nitrogens with two attached hydrogens (primary N) is 1. The van der Waals surface area contributed by atoms with E-state index in [0.29, 0.717) is 18.9 Å². The highest BCUT2D eigenvalue weighted by Gasteiger charge is 2.26. The van der Waals surface area contributed by atoms with Gasteiger partial charge in [-0.15, -0.1) is 0 Å². The van der Waals surface area contributed by atoms with Gasteiger partial charge in [-0.3, -0.25) is 4.79 Å². The molecule has 3 N–H and O–H groups in total. The number of carbonyl (C=O) groups excluding carboxylic acids is 1. The molecule has 0 aliphatic carbocycles. The van der Waals surface area contributed by atoms with Gasteiger partial charge < -0.3 is 15.8 Å². The lowest BCUT2D eigenvalue weighted by Gasteiger charge is -2.31. The quantitative estimate of drug-likeness (QED) is 0.734. The summed E-state index contributed by atoms with van der Waals surface area (Å²) in [7, 11) is 1.68. The first-order valence-corrected chi connectivity index (χ1v) is 8.42. The van der Waals surface area contributed by atoms with Gasteiger partial charge >= 0.3 is 0 Å². The van der Waals surface area contributed by atoms with Crippen molar-refractivity contribution in [1.29, 1.82) is 0 Å². The molecule has 1 amide bonds. The van der Waals surface area contributed by atoms with Gasteiger partial charge in [-0.1, -0.05) is 39.0 Å². The van der Waals surface area contributed by atoms with Crippen molar-refractivity contribution in [2.75, 3.05) is 13.7 Å². The molecule has 2 unspecified atom stereocenters. The third kappa shape index (κ3) is 6.61. The van der Waals surface area contributed by atoms with Crippen LogP contribution >= 0.6 is 0 Å². The number of hydrogen-bond acceptors (Lipinski definition) is 3. The van der Waals surface area contributed by atoms with Gasteiger partial charge in [0, 0.05) is 18.5 Å². The summed E-state index contributed by atoms with van der Waals surface area (Å²) < 4.78 is 5.38. The number of benzene rings is 1. The van der Waals surface area contributed by atoms with Gasteiger partial charge in [0.15, 0.2) is 0 Å². The Bertz CT molecular complexity index is 502. The molecular weight excluding hydrogens is 288 g/mol. The summed E-state index contributed by atoms with van der Waals surface area (Å²) in [6, 6.07) is 7.96. The Labute approximate surface area is 140 Å². The van der Waals surface area contributed by atoms with Crippen LogP contribution in [-0.2, 0) is 11.2 Å². The highest BCUT2D eigenvalue weighted by molar-refractivity contribution is 5.77. The van der Waals surface area contributed by atoms with E-state index in [-0.39, 0.29) is 17.4 Å². The number of para-hydroxylation sites is 1. The van der Waals surface area contributed by atoms with Crippen molar-refractivity contribution in [3.8, 4) is 5.75 Å². The molecule has 0 fully saturated rings. The number of carbonyl (C=O) groups is 1. The summed E-state index contributed by atoms with van der Waals surface area (Å²) >= 11 is 0. The van der Waals surface area contributed by atoms with E-state index >= 15 is 0 Å². The molecule has 0 bridgehead atoms. The minimum atomic E-state index is -0.324. The summed E-state index contributed by atoms with van der Waals surface area (Å²) in [6.07, 6.45) is 2.20. The van der Waals surface area contributed by atoms with Crippen molar-refractivity contribution >= 4 is 5.91 Å². The molecule has 0 aliphatic rings. The molecule has 0 aromatic heterocycles. The van der Waals surface area contributed by atoms with E-state index in [2.05, 4.69) is 32.2 Å². The Morgan fingerprint density at radius 3 is 2.52 bits per heavy atom. The zero-order valence-electron chi connectivity index (χ0n) is 15.2. The zero-order chi connectivity index (χ0) is 17.5. The van der Waals surface area contributed by atoms with Crippen molar-refractivity contribution in [3.63, 3.8) is 0 Å². The van der Waals surface area contributed by atoms with Crippen LogP contribution in [0.5, 0.6) is 5.75 Å². The molecule has 0 spiro atoms. The van der Waals surface area contributed by atoms with E-state index in [1.165, 1.54) is 0 Å². The minimum Gasteiger partial charge on any atom is -0.496 e. The monoisotopic (exact) mass is 320 g/mol. The summed E-state index contributed by atoms with van der Waals surface area (Å²) in [5.41, 5.74) is 6.68. The van der Waals surface area contributed by atoms with Crippen LogP contribution < -0.4 is 15.8 Å². The van der Waals surface area contributed by atoms with Crippen LogP contribution in [0, 0.1) is 11.8 Å². The zero-order valence-corrected chi connectivity index (χ0v) is 15.2. The predicted molar refractivity (Wildman–Crippen MR) is 95.5 cm³/mol. The molecule has 4 heteroatoms. The van der Waals surface area contributed by atoms with Crippen LogP contribution in [0.25, 0.3) is 0 Å². The predicted octanol–water partition coefficient (Wildman–Crippen LogP) is 3.14. The molecule has 1 aromatic rings. The van der Waals surface area contributed by atoms with E-state index in [1.807, 2.05) is 25.1 Å². The third-order valence-electron chi connectivity index (χ3n) is 4.05. The molecule has 0 radical (unpaired) electrons. The number of amides is 1. The van der Waals surface area contributed by atoms with Gasteiger partial charge in [0.2, 0.25) is 5.91 Å². The highest BCUT2D eigenvalue weighted by Crippen LogP contribution is 2.22. The van der Waals surface area contributed by atoms with Crippen LogP contribution in [-0.4, -0.2) is 25.1 Å². The SMILES string of the molecule is COc1ccccc1CC(C)CC(=O)NC(C)(CN)CC(C)C. The normalized spacial score (nSPS) is 15.1. The van der Waals surface area contributed by atoms with Gasteiger partial charge in [0.25, 0.3) is 0 Å². The topological polar surface area (TPSA) is 64.3 Å². The van der Waals surface area contributed by atoms with Crippen LogP contribution in [0.2, 0.25) is 0 Å². The van der Waals surface area contributed by atoms with Crippen molar-refractivity contribution in [3.05, 3.63) is 29.8 Å². The van der Waals surface area contributed by atoms with Gasteiger partial charge in [-0.25, -0.2) is 0 Å². The lowest BCUT2D eigenvalue weighted by molar-refractivity contribution is -0.123. The van der Waals surface area contributed by atoms with Crippen LogP contribution in [0.15, 0.2) is 24.3 Å². The Morgan fingerprint density at radius 2 is 1.96 bits per heavy atom. The van der Waals surface area contributed by atoms with E-state index in [9.17, 15) is 4.79 Å². The second kappa shape index (κ2) is 8.92. The first-order chi connectivity index (χ1) is 10.8. The van der Waals surface area contributed by atoms with Crippen molar-refractivity contribution in [1.82, 2.24) is 5.32 Å². The van der Waals surface area contributed by atoms with Gasteiger partial charge in [-0.2, -0.15) is 0 Å². The molecule has 0 aliphatic heterocycles. The first kappa shape index (κ1) is 19.5. The fraction of sp³-hybridized carbons (Fsp3) is 0.632. The smallest absolute Gasteiger partial charge is 0.220 e. The molecule has 130 valence electrons. The maximum atomic E-state index is 12.4. The molecule has 4 nitrogen and oxygen atoms in total. The Kier molecular flexibility index (Phi) is 7.56. The van der Waals surface area contributed by atoms with Gasteiger partial charge in [0.05, 0.1) is 7.11 Å². The molecule has 23 heavy (non-hydrogen) atoms. The largest absolute Gasteiger partial charge is 0.496 e. The molecular formula is C19H32N2O2. The molecule has 1 aromatic carbocycles. The number of hydrogen-bond donors (Lipinski definition) is 2. The van der Waals surface area contributed by atoms with Crippen molar-refractivity contribution in [2.24, 2.45) is 17.6 Å². The summed E-state index contributed by atoms with van der Waals surface area (Å²) in [5.74, 6) is 1.69. The second-order valence-electron chi connectivity index (χ2n) is 7.24. The Hall–Kier alpha value is -1.55. The molecule has 0 saturated heterocycles.